The van der Waals surface area contributed by atoms with E-state index in [0.717, 1.165) is 6.07 Å². The minimum Gasteiger partial charge on any atom is -0.352 e. The van der Waals surface area contributed by atoms with Crippen LogP contribution in [0.4, 0.5) is 29.5 Å². The highest BCUT2D eigenvalue weighted by Crippen LogP contribution is 2.36. The van der Waals surface area contributed by atoms with Crippen LogP contribution in [0.15, 0.2) is 41.0 Å². The van der Waals surface area contributed by atoms with Crippen molar-refractivity contribution in [2.45, 2.75) is 6.18 Å². The molecule has 2 amide bonds. The molecule has 28 heavy (non-hydrogen) atoms. The molecule has 2 heterocycles. The zero-order chi connectivity index (χ0) is 20.3. The quantitative estimate of drug-likeness (QED) is 0.743. The largest absolute Gasteiger partial charge is 0.417 e. The van der Waals surface area contributed by atoms with Crippen molar-refractivity contribution >= 4 is 33.5 Å². The van der Waals surface area contributed by atoms with Crippen LogP contribution in [0.3, 0.4) is 0 Å². The molecule has 0 atom stereocenters. The predicted octanol–water partition coefficient (Wildman–Crippen LogP) is 4.09. The van der Waals surface area contributed by atoms with Crippen molar-refractivity contribution in [1.82, 2.24) is 9.88 Å². The molecule has 1 fully saturated rings. The molecule has 0 unspecified atom stereocenters. The number of nitriles is 1. The molecule has 0 bridgehead atoms. The number of carbonyl (C=O) groups is 1. The summed E-state index contributed by atoms with van der Waals surface area (Å²) in [7, 11) is 0. The van der Waals surface area contributed by atoms with Gasteiger partial charge in [-0.25, -0.2) is 9.78 Å². The number of hydrogen-bond acceptors (Lipinski definition) is 4. The Morgan fingerprint density at radius 1 is 1.21 bits per heavy atom. The van der Waals surface area contributed by atoms with Crippen molar-refractivity contribution in [1.29, 1.82) is 5.26 Å². The number of anilines is 2. The van der Waals surface area contributed by atoms with E-state index in [4.69, 9.17) is 0 Å². The van der Waals surface area contributed by atoms with Crippen molar-refractivity contribution in [3.63, 3.8) is 0 Å². The average molecular weight is 454 g/mol. The van der Waals surface area contributed by atoms with Crippen LogP contribution in [0.5, 0.6) is 0 Å². The van der Waals surface area contributed by atoms with E-state index in [-0.39, 0.29) is 10.2 Å². The van der Waals surface area contributed by atoms with Crippen LogP contribution < -0.4 is 10.2 Å². The molecule has 6 nitrogen and oxygen atoms in total. The molecule has 0 aliphatic carbocycles. The first kappa shape index (κ1) is 19.9. The topological polar surface area (TPSA) is 72.3 Å². The van der Waals surface area contributed by atoms with Gasteiger partial charge in [-0.2, -0.15) is 18.4 Å². The van der Waals surface area contributed by atoms with Gasteiger partial charge in [-0.05, 0) is 30.3 Å². The molecule has 0 spiro atoms. The van der Waals surface area contributed by atoms with Crippen LogP contribution in [-0.2, 0) is 6.18 Å². The van der Waals surface area contributed by atoms with E-state index in [9.17, 15) is 23.2 Å². The van der Waals surface area contributed by atoms with E-state index >= 15 is 0 Å². The van der Waals surface area contributed by atoms with Crippen LogP contribution in [0, 0.1) is 11.3 Å². The Hall–Kier alpha value is -2.80. The maximum atomic E-state index is 13.0. The number of amides is 2. The van der Waals surface area contributed by atoms with Gasteiger partial charge in [-0.1, -0.05) is 15.9 Å². The third-order valence-corrected chi connectivity index (χ3v) is 4.99. The summed E-state index contributed by atoms with van der Waals surface area (Å²) in [6.07, 6.45) is -2.92. The van der Waals surface area contributed by atoms with Gasteiger partial charge in [0.1, 0.15) is 11.9 Å². The fraction of sp³-hybridized carbons (Fsp3) is 0.278. The smallest absolute Gasteiger partial charge is 0.352 e. The highest BCUT2D eigenvalue weighted by atomic mass is 79.9. The van der Waals surface area contributed by atoms with Crippen molar-refractivity contribution < 1.29 is 18.0 Å². The van der Waals surface area contributed by atoms with Gasteiger partial charge in [0.15, 0.2) is 0 Å². The normalized spacial score (nSPS) is 14.5. The first-order chi connectivity index (χ1) is 13.3. The van der Waals surface area contributed by atoms with E-state index in [1.807, 2.05) is 4.90 Å². The van der Waals surface area contributed by atoms with Gasteiger partial charge in [0.2, 0.25) is 0 Å². The van der Waals surface area contributed by atoms with Crippen LogP contribution in [0.2, 0.25) is 0 Å². The first-order valence-corrected chi connectivity index (χ1v) is 9.11. The number of hydrogen-bond donors (Lipinski definition) is 1. The maximum absolute atomic E-state index is 13.0. The summed E-state index contributed by atoms with van der Waals surface area (Å²) in [4.78, 5) is 20.1. The minimum absolute atomic E-state index is 0.0689. The Morgan fingerprint density at radius 3 is 2.57 bits per heavy atom. The van der Waals surface area contributed by atoms with E-state index in [1.165, 1.54) is 17.0 Å². The Kier molecular flexibility index (Phi) is 5.74. The lowest BCUT2D eigenvalue weighted by molar-refractivity contribution is -0.138. The van der Waals surface area contributed by atoms with Crippen LogP contribution in [0.25, 0.3) is 0 Å². The van der Waals surface area contributed by atoms with Gasteiger partial charge in [-0.3, -0.25) is 0 Å². The lowest BCUT2D eigenvalue weighted by Crippen LogP contribution is -2.50. The number of carbonyl (C=O) groups excluding carboxylic acids is 1. The molecule has 1 aromatic heterocycles. The van der Waals surface area contributed by atoms with Crippen molar-refractivity contribution in [2.75, 3.05) is 36.4 Å². The Balaban J connectivity index is 1.64. The van der Waals surface area contributed by atoms with Gasteiger partial charge in [0, 0.05) is 42.5 Å². The molecule has 3 rings (SSSR count). The van der Waals surface area contributed by atoms with Crippen LogP contribution in [0.1, 0.15) is 11.1 Å². The van der Waals surface area contributed by atoms with Gasteiger partial charge in [0.25, 0.3) is 0 Å². The molecular formula is C18H15BrF3N5O. The number of nitrogens with one attached hydrogen (secondary N) is 1. The third-order valence-electron chi connectivity index (χ3n) is 4.30. The zero-order valence-corrected chi connectivity index (χ0v) is 16.1. The fourth-order valence-corrected chi connectivity index (χ4v) is 3.35. The second kappa shape index (κ2) is 8.06. The molecule has 1 saturated heterocycles. The number of nitrogens with zero attached hydrogens (tertiary/aromatic N) is 4. The molecule has 0 radical (unpaired) electrons. The van der Waals surface area contributed by atoms with Gasteiger partial charge in [-0.15, -0.1) is 0 Å². The van der Waals surface area contributed by atoms with Crippen LogP contribution >= 0.6 is 15.9 Å². The summed E-state index contributed by atoms with van der Waals surface area (Å²) in [5.74, 6) is 0.563. The molecular weight excluding hydrogens is 439 g/mol. The van der Waals surface area contributed by atoms with E-state index in [2.05, 4.69) is 32.3 Å². The molecule has 1 aliphatic heterocycles. The molecule has 1 N–H and O–H groups in total. The summed E-state index contributed by atoms with van der Waals surface area (Å²) >= 11 is 2.87. The second-order valence-electron chi connectivity index (χ2n) is 6.08. The van der Waals surface area contributed by atoms with Gasteiger partial charge >= 0.3 is 12.2 Å². The third kappa shape index (κ3) is 4.36. The zero-order valence-electron chi connectivity index (χ0n) is 14.5. The molecule has 2 aromatic rings. The number of piperazine rings is 1. The first-order valence-electron chi connectivity index (χ1n) is 8.32. The van der Waals surface area contributed by atoms with Gasteiger partial charge in [0.05, 0.1) is 11.1 Å². The molecule has 1 aromatic carbocycles. The van der Waals surface area contributed by atoms with Crippen molar-refractivity contribution in [3.8, 4) is 6.07 Å². The minimum atomic E-state index is -4.52. The second-order valence-corrected chi connectivity index (χ2v) is 6.94. The van der Waals surface area contributed by atoms with E-state index < -0.39 is 17.8 Å². The fourth-order valence-electron chi connectivity index (χ4n) is 2.88. The molecule has 1 aliphatic rings. The maximum Gasteiger partial charge on any atom is 0.417 e. The summed E-state index contributed by atoms with van der Waals surface area (Å²) in [6, 6.07) is 8.52. The number of alkyl halides is 3. The number of urea groups is 1. The summed E-state index contributed by atoms with van der Waals surface area (Å²) in [6.45, 7) is 1.65. The lowest BCUT2D eigenvalue weighted by atomic mass is 10.2. The SMILES string of the molecule is N#Cc1cccnc1N1CCN(C(=O)Nc2ccc(Br)c(C(F)(F)F)c2)CC1. The summed E-state index contributed by atoms with van der Waals surface area (Å²) in [5, 5.41) is 11.7. The lowest BCUT2D eigenvalue weighted by Gasteiger charge is -2.35. The molecule has 10 heteroatoms. The van der Waals surface area contributed by atoms with Crippen molar-refractivity contribution in [3.05, 3.63) is 52.1 Å². The number of rotatable bonds is 2. The highest BCUT2D eigenvalue weighted by molar-refractivity contribution is 9.10. The number of aromatic nitrogens is 1. The molecule has 0 saturated carbocycles. The Morgan fingerprint density at radius 2 is 1.93 bits per heavy atom. The van der Waals surface area contributed by atoms with E-state index in [0.29, 0.717) is 37.6 Å². The monoisotopic (exact) mass is 453 g/mol. The van der Waals surface area contributed by atoms with Crippen LogP contribution in [-0.4, -0.2) is 42.1 Å². The Bertz CT molecular complexity index is 920. The van der Waals surface area contributed by atoms with Crippen molar-refractivity contribution in [2.24, 2.45) is 0 Å². The highest BCUT2D eigenvalue weighted by Gasteiger charge is 2.33. The van der Waals surface area contributed by atoms with E-state index in [1.54, 1.807) is 18.3 Å². The van der Waals surface area contributed by atoms with Gasteiger partial charge < -0.3 is 15.1 Å². The summed E-state index contributed by atoms with van der Waals surface area (Å²) < 4.78 is 38.9. The number of pyridine rings is 1. The average Bonchev–Trinajstić information content (AvgIpc) is 2.68. The summed E-state index contributed by atoms with van der Waals surface area (Å²) in [5.41, 5.74) is -0.330. The Labute approximate surface area is 167 Å². The number of halogens is 4. The number of benzene rings is 1. The standard InChI is InChI=1S/C18H15BrF3N5O/c19-15-4-3-13(10-14(15)18(20,21)22)25-17(28)27-8-6-26(7-9-27)16-12(11-23)2-1-5-24-16/h1-5,10H,6-9H2,(H,25,28). The predicted molar refractivity (Wildman–Crippen MR) is 101 cm³/mol. The molecule has 146 valence electrons.